The zero-order chi connectivity index (χ0) is 16.0. The third-order valence-electron chi connectivity index (χ3n) is 2.53. The Morgan fingerprint density at radius 1 is 1.00 bits per heavy atom. The second-order valence-electron chi connectivity index (χ2n) is 4.10. The number of carbonyl (C=O) groups is 3. The first kappa shape index (κ1) is 16.4. The van der Waals surface area contributed by atoms with Crippen molar-refractivity contribution in [2.24, 2.45) is 5.10 Å². The average molecular weight is 292 g/mol. The van der Waals surface area contributed by atoms with Crippen molar-refractivity contribution in [2.75, 3.05) is 19.2 Å². The lowest BCUT2D eigenvalue weighted by Crippen LogP contribution is -2.32. The summed E-state index contributed by atoms with van der Waals surface area (Å²) in [7, 11) is 2.20. The number of methoxy groups -OCH3 is 2. The fraction of sp³-hybridized carbons (Fsp3) is 0.286. The molecule has 7 heteroatoms. The smallest absolute Gasteiger partial charge is 0.366 e. The van der Waals surface area contributed by atoms with Crippen molar-refractivity contribution >= 4 is 29.2 Å². The molecule has 0 N–H and O–H groups in total. The number of ether oxygens (including phenoxy) is 2. The van der Waals surface area contributed by atoms with Gasteiger partial charge in [-0.2, -0.15) is 5.01 Å². The number of anilines is 1. The molecule has 1 amide bonds. The van der Waals surface area contributed by atoms with E-state index in [0.717, 1.165) is 24.8 Å². The Morgan fingerprint density at radius 2 is 1.48 bits per heavy atom. The number of carbonyl (C=O) groups excluding carboxylic acids is 3. The number of hydrogen-bond donors (Lipinski definition) is 0. The summed E-state index contributed by atoms with van der Waals surface area (Å²) in [5, 5.41) is 4.70. The Hall–Kier alpha value is -2.70. The van der Waals surface area contributed by atoms with Gasteiger partial charge in [0.05, 0.1) is 19.9 Å². The number of aryl methyl sites for hydroxylation is 1. The maximum Gasteiger partial charge on any atom is 0.366 e. The lowest BCUT2D eigenvalue weighted by atomic mass is 10.2. The predicted octanol–water partition coefficient (Wildman–Crippen LogP) is 1.05. The topological polar surface area (TPSA) is 85.3 Å². The summed E-state index contributed by atoms with van der Waals surface area (Å²) in [4.78, 5) is 34.8. The summed E-state index contributed by atoms with van der Waals surface area (Å²) in [6.45, 7) is 3.15. The molecule has 21 heavy (non-hydrogen) atoms. The van der Waals surface area contributed by atoms with Crippen LogP contribution in [0.1, 0.15) is 12.5 Å². The standard InChI is InChI=1S/C14H16N2O5/c1-9-5-7-11(8-6-9)16(10(2)17)15-12(13(18)20-3)14(19)21-4/h5-8H,1-4H3. The third-order valence-corrected chi connectivity index (χ3v) is 2.53. The molecule has 1 aromatic carbocycles. The van der Waals surface area contributed by atoms with Crippen LogP contribution in [0.15, 0.2) is 29.4 Å². The number of esters is 2. The number of amides is 1. The molecule has 0 aliphatic rings. The summed E-state index contributed by atoms with van der Waals surface area (Å²) in [6.07, 6.45) is 0. The molecule has 0 heterocycles. The van der Waals surface area contributed by atoms with Crippen LogP contribution in [0.2, 0.25) is 0 Å². The fourth-order valence-corrected chi connectivity index (χ4v) is 1.45. The Kier molecular flexibility index (Phi) is 5.59. The van der Waals surface area contributed by atoms with Gasteiger partial charge in [0.1, 0.15) is 0 Å². The number of hydrogen-bond acceptors (Lipinski definition) is 6. The molecular formula is C14H16N2O5. The van der Waals surface area contributed by atoms with Crippen LogP contribution in [0.25, 0.3) is 0 Å². The molecule has 1 aromatic rings. The van der Waals surface area contributed by atoms with E-state index in [-0.39, 0.29) is 0 Å². The fourth-order valence-electron chi connectivity index (χ4n) is 1.45. The zero-order valence-corrected chi connectivity index (χ0v) is 12.2. The van der Waals surface area contributed by atoms with E-state index in [2.05, 4.69) is 14.6 Å². The number of hydrazone groups is 1. The highest BCUT2D eigenvalue weighted by Crippen LogP contribution is 2.16. The van der Waals surface area contributed by atoms with Crippen LogP contribution in [0.3, 0.4) is 0 Å². The molecule has 0 saturated heterocycles. The number of benzene rings is 1. The summed E-state index contributed by atoms with van der Waals surface area (Å²) < 4.78 is 8.92. The Bertz CT molecular complexity index is 560. The van der Waals surface area contributed by atoms with Gasteiger partial charge in [-0.3, -0.25) is 4.79 Å². The molecule has 0 atom stereocenters. The first-order chi connectivity index (χ1) is 9.90. The van der Waals surface area contributed by atoms with E-state index in [4.69, 9.17) is 0 Å². The summed E-state index contributed by atoms with van der Waals surface area (Å²) in [6, 6.07) is 6.84. The average Bonchev–Trinajstić information content (AvgIpc) is 2.47. The van der Waals surface area contributed by atoms with Crippen LogP contribution in [-0.2, 0) is 23.9 Å². The van der Waals surface area contributed by atoms with Crippen molar-refractivity contribution in [3.63, 3.8) is 0 Å². The molecule has 112 valence electrons. The normalized spacial score (nSPS) is 9.52. The van der Waals surface area contributed by atoms with E-state index in [9.17, 15) is 14.4 Å². The van der Waals surface area contributed by atoms with Crippen LogP contribution < -0.4 is 5.01 Å². The number of rotatable bonds is 4. The van der Waals surface area contributed by atoms with Crippen molar-refractivity contribution in [3.05, 3.63) is 29.8 Å². The van der Waals surface area contributed by atoms with Gasteiger partial charge in [-0.25, -0.2) is 9.59 Å². The van der Waals surface area contributed by atoms with Crippen LogP contribution in [0, 0.1) is 6.92 Å². The van der Waals surface area contributed by atoms with Crippen LogP contribution >= 0.6 is 0 Å². The third kappa shape index (κ3) is 4.13. The van der Waals surface area contributed by atoms with Gasteiger partial charge in [-0.15, -0.1) is 5.10 Å². The van der Waals surface area contributed by atoms with Crippen molar-refractivity contribution in [3.8, 4) is 0 Å². The Balaban J connectivity index is 3.28. The van der Waals surface area contributed by atoms with Gasteiger partial charge in [0, 0.05) is 6.92 Å². The summed E-state index contributed by atoms with van der Waals surface area (Å²) in [5.41, 5.74) is 0.793. The van der Waals surface area contributed by atoms with Gasteiger partial charge < -0.3 is 9.47 Å². The second-order valence-corrected chi connectivity index (χ2v) is 4.10. The highest BCUT2D eigenvalue weighted by atomic mass is 16.5. The lowest BCUT2D eigenvalue weighted by molar-refractivity contribution is -0.138. The molecule has 7 nitrogen and oxygen atoms in total. The van der Waals surface area contributed by atoms with Crippen molar-refractivity contribution < 1.29 is 23.9 Å². The Labute approximate surface area is 122 Å². The molecule has 0 aliphatic heterocycles. The van der Waals surface area contributed by atoms with Gasteiger partial charge in [0.15, 0.2) is 0 Å². The lowest BCUT2D eigenvalue weighted by Gasteiger charge is -2.16. The van der Waals surface area contributed by atoms with Crippen LogP contribution in [0.4, 0.5) is 5.69 Å². The molecule has 0 radical (unpaired) electrons. The summed E-state index contributed by atoms with van der Waals surface area (Å²) >= 11 is 0. The van der Waals surface area contributed by atoms with Crippen molar-refractivity contribution in [2.45, 2.75) is 13.8 Å². The minimum Gasteiger partial charge on any atom is -0.464 e. The van der Waals surface area contributed by atoms with Gasteiger partial charge in [0.25, 0.3) is 5.71 Å². The maximum absolute atomic E-state index is 11.7. The van der Waals surface area contributed by atoms with Gasteiger partial charge in [-0.05, 0) is 19.1 Å². The van der Waals surface area contributed by atoms with Gasteiger partial charge in [-0.1, -0.05) is 17.7 Å². The van der Waals surface area contributed by atoms with Crippen LogP contribution in [-0.4, -0.2) is 37.8 Å². The minimum absolute atomic E-state index is 0.415. The van der Waals surface area contributed by atoms with Gasteiger partial charge in [0.2, 0.25) is 5.91 Å². The molecule has 1 rings (SSSR count). The molecule has 0 spiro atoms. The second kappa shape index (κ2) is 7.18. The Morgan fingerprint density at radius 3 is 1.86 bits per heavy atom. The van der Waals surface area contributed by atoms with E-state index in [0.29, 0.717) is 5.69 Å². The predicted molar refractivity (Wildman–Crippen MR) is 75.8 cm³/mol. The van der Waals surface area contributed by atoms with E-state index in [1.54, 1.807) is 24.3 Å². The van der Waals surface area contributed by atoms with Crippen LogP contribution in [0.5, 0.6) is 0 Å². The molecule has 0 bridgehead atoms. The molecule has 0 unspecified atom stereocenters. The van der Waals surface area contributed by atoms with E-state index in [1.165, 1.54) is 6.92 Å². The maximum atomic E-state index is 11.7. The van der Waals surface area contributed by atoms with Crippen molar-refractivity contribution in [1.82, 2.24) is 0 Å². The molecule has 0 aromatic heterocycles. The highest BCUT2D eigenvalue weighted by molar-refractivity contribution is 6.62. The summed E-state index contributed by atoms with van der Waals surface area (Å²) in [5.74, 6) is -2.44. The van der Waals surface area contributed by atoms with E-state index >= 15 is 0 Å². The monoisotopic (exact) mass is 292 g/mol. The first-order valence-electron chi connectivity index (χ1n) is 6.03. The molecule has 0 aliphatic carbocycles. The molecule has 0 fully saturated rings. The highest BCUT2D eigenvalue weighted by Gasteiger charge is 2.25. The molecular weight excluding hydrogens is 276 g/mol. The SMILES string of the molecule is COC(=O)C(=NN(C(C)=O)c1ccc(C)cc1)C(=O)OC. The number of nitrogens with zero attached hydrogens (tertiary/aromatic N) is 2. The van der Waals surface area contributed by atoms with Gasteiger partial charge >= 0.3 is 11.9 Å². The largest absolute Gasteiger partial charge is 0.464 e. The first-order valence-corrected chi connectivity index (χ1v) is 6.03. The minimum atomic E-state index is -0.986. The van der Waals surface area contributed by atoms with E-state index in [1.807, 2.05) is 6.92 Å². The van der Waals surface area contributed by atoms with Crippen molar-refractivity contribution in [1.29, 1.82) is 0 Å². The molecule has 0 saturated carbocycles. The quantitative estimate of drug-likeness (QED) is 0.358. The zero-order valence-electron chi connectivity index (χ0n) is 12.2. The van der Waals surface area contributed by atoms with E-state index < -0.39 is 23.6 Å².